The highest BCUT2D eigenvalue weighted by Crippen LogP contribution is 2.35. The molecule has 5 heteroatoms. The summed E-state index contributed by atoms with van der Waals surface area (Å²) < 4.78 is 0. The molecule has 114 valence electrons. The van der Waals surface area contributed by atoms with Gasteiger partial charge in [-0.3, -0.25) is 9.59 Å². The molecule has 1 heterocycles. The Kier molecular flexibility index (Phi) is 5.17. The molecule has 1 fully saturated rings. The molecule has 0 saturated heterocycles. The van der Waals surface area contributed by atoms with Crippen LogP contribution < -0.4 is 5.32 Å². The van der Waals surface area contributed by atoms with Crippen molar-refractivity contribution in [2.24, 2.45) is 5.41 Å². The van der Waals surface area contributed by atoms with Crippen LogP contribution in [0.15, 0.2) is 18.2 Å². The van der Waals surface area contributed by atoms with E-state index in [9.17, 15) is 14.7 Å². The summed E-state index contributed by atoms with van der Waals surface area (Å²) >= 11 is 1.62. The van der Waals surface area contributed by atoms with Gasteiger partial charge in [0.2, 0.25) is 5.91 Å². The van der Waals surface area contributed by atoms with Gasteiger partial charge in [-0.15, -0.1) is 11.3 Å². The number of aryl methyl sites for hydroxylation is 1. The van der Waals surface area contributed by atoms with E-state index in [0.717, 1.165) is 24.1 Å². The van der Waals surface area contributed by atoms with E-state index in [-0.39, 0.29) is 12.5 Å². The lowest BCUT2D eigenvalue weighted by Crippen LogP contribution is -2.44. The van der Waals surface area contributed by atoms with Crippen molar-refractivity contribution in [2.75, 3.05) is 6.54 Å². The quantitative estimate of drug-likeness (QED) is 0.821. The summed E-state index contributed by atoms with van der Waals surface area (Å²) in [6, 6.07) is 3.97. The number of aliphatic carboxylic acids is 1. The number of rotatable bonds is 5. The number of nitrogens with one attached hydrogen (secondary N) is 1. The van der Waals surface area contributed by atoms with Crippen LogP contribution in [0.1, 0.15) is 41.9 Å². The van der Waals surface area contributed by atoms with Crippen molar-refractivity contribution in [1.29, 1.82) is 0 Å². The second-order valence-corrected chi connectivity index (χ2v) is 6.97. The van der Waals surface area contributed by atoms with Gasteiger partial charge in [-0.05, 0) is 38.0 Å². The summed E-state index contributed by atoms with van der Waals surface area (Å²) in [7, 11) is 0. The maximum atomic E-state index is 11.8. The molecule has 1 aliphatic rings. The van der Waals surface area contributed by atoms with Crippen molar-refractivity contribution in [2.45, 2.75) is 39.0 Å². The zero-order chi connectivity index (χ0) is 15.3. The maximum Gasteiger partial charge on any atom is 0.311 e. The van der Waals surface area contributed by atoms with E-state index >= 15 is 0 Å². The largest absolute Gasteiger partial charge is 0.481 e. The van der Waals surface area contributed by atoms with Gasteiger partial charge in [0.25, 0.3) is 0 Å². The Morgan fingerprint density at radius 3 is 2.62 bits per heavy atom. The molecule has 0 aromatic carbocycles. The highest BCUT2D eigenvalue weighted by atomic mass is 32.1. The molecule has 0 bridgehead atoms. The van der Waals surface area contributed by atoms with Gasteiger partial charge in [0.05, 0.1) is 5.41 Å². The normalized spacial score (nSPS) is 17.8. The standard InChI is InChI=1S/C16H21NO3S/c1-12-5-6-13(21-12)7-8-14(18)17-11-16(15(19)20)9-3-2-4-10-16/h5-8H,2-4,9-11H2,1H3,(H,17,18)(H,19,20)/b8-7+. The zero-order valence-electron chi connectivity index (χ0n) is 12.2. The molecule has 2 N–H and O–H groups in total. The van der Waals surface area contributed by atoms with E-state index in [0.29, 0.717) is 12.8 Å². The molecule has 2 rings (SSSR count). The molecule has 21 heavy (non-hydrogen) atoms. The van der Waals surface area contributed by atoms with Crippen molar-refractivity contribution in [3.8, 4) is 0 Å². The molecule has 1 amide bonds. The number of carboxylic acids is 1. The van der Waals surface area contributed by atoms with Crippen molar-refractivity contribution in [1.82, 2.24) is 5.32 Å². The summed E-state index contributed by atoms with van der Waals surface area (Å²) in [5.41, 5.74) is -0.777. The number of thiophene rings is 1. The molecule has 1 aromatic heterocycles. The number of amides is 1. The number of carbonyl (C=O) groups excluding carboxylic acids is 1. The smallest absolute Gasteiger partial charge is 0.311 e. The lowest BCUT2D eigenvalue weighted by molar-refractivity contribution is -0.150. The predicted molar refractivity (Wildman–Crippen MR) is 84.3 cm³/mol. The topological polar surface area (TPSA) is 66.4 Å². The minimum Gasteiger partial charge on any atom is -0.481 e. The van der Waals surface area contributed by atoms with Crippen LogP contribution in [0.3, 0.4) is 0 Å². The van der Waals surface area contributed by atoms with Crippen molar-refractivity contribution >= 4 is 29.3 Å². The van der Waals surface area contributed by atoms with E-state index in [1.165, 1.54) is 11.0 Å². The Morgan fingerprint density at radius 2 is 2.05 bits per heavy atom. The lowest BCUT2D eigenvalue weighted by Gasteiger charge is -2.33. The van der Waals surface area contributed by atoms with Crippen LogP contribution >= 0.6 is 11.3 Å². The number of hydrogen-bond donors (Lipinski definition) is 2. The molecular weight excluding hydrogens is 286 g/mol. The van der Waals surface area contributed by atoms with Gasteiger partial charge in [-0.25, -0.2) is 0 Å². The molecule has 0 spiro atoms. The summed E-state index contributed by atoms with van der Waals surface area (Å²) in [4.78, 5) is 25.6. The minimum absolute atomic E-state index is 0.217. The first kappa shape index (κ1) is 15.8. The van der Waals surface area contributed by atoms with Gasteiger partial charge < -0.3 is 10.4 Å². The Hall–Kier alpha value is -1.62. The first-order chi connectivity index (χ1) is 10.0. The highest BCUT2D eigenvalue weighted by Gasteiger charge is 2.39. The third-order valence-electron chi connectivity index (χ3n) is 4.03. The fraction of sp³-hybridized carbons (Fsp3) is 0.500. The van der Waals surface area contributed by atoms with Gasteiger partial charge in [0, 0.05) is 22.4 Å². The first-order valence-corrected chi connectivity index (χ1v) is 8.09. The van der Waals surface area contributed by atoms with Gasteiger partial charge in [0.1, 0.15) is 0 Å². The zero-order valence-corrected chi connectivity index (χ0v) is 13.0. The molecule has 1 aliphatic carbocycles. The summed E-state index contributed by atoms with van der Waals surface area (Å²) in [6.07, 6.45) is 7.47. The summed E-state index contributed by atoms with van der Waals surface area (Å²) in [5.74, 6) is -1.02. The maximum absolute atomic E-state index is 11.8. The molecule has 0 radical (unpaired) electrons. The molecule has 4 nitrogen and oxygen atoms in total. The summed E-state index contributed by atoms with van der Waals surface area (Å²) in [6.45, 7) is 2.23. The van der Waals surface area contributed by atoms with E-state index in [1.54, 1.807) is 17.4 Å². The van der Waals surface area contributed by atoms with Gasteiger partial charge >= 0.3 is 5.97 Å². The number of carbonyl (C=O) groups is 2. The second kappa shape index (κ2) is 6.89. The van der Waals surface area contributed by atoms with Crippen molar-refractivity contribution in [3.05, 3.63) is 28.0 Å². The minimum atomic E-state index is -0.791. The van der Waals surface area contributed by atoms with E-state index in [4.69, 9.17) is 0 Å². The van der Waals surface area contributed by atoms with Gasteiger partial charge in [-0.1, -0.05) is 19.3 Å². The van der Waals surface area contributed by atoms with Crippen LogP contribution in [-0.2, 0) is 9.59 Å². The lowest BCUT2D eigenvalue weighted by atomic mass is 9.74. The first-order valence-electron chi connectivity index (χ1n) is 7.28. The van der Waals surface area contributed by atoms with Crippen LogP contribution in [0.25, 0.3) is 6.08 Å². The van der Waals surface area contributed by atoms with E-state index in [2.05, 4.69) is 5.32 Å². The Morgan fingerprint density at radius 1 is 1.33 bits per heavy atom. The van der Waals surface area contributed by atoms with Crippen LogP contribution in [0.4, 0.5) is 0 Å². The third-order valence-corrected chi connectivity index (χ3v) is 4.99. The van der Waals surface area contributed by atoms with E-state index in [1.807, 2.05) is 19.1 Å². The Labute approximate surface area is 128 Å². The average molecular weight is 307 g/mol. The van der Waals surface area contributed by atoms with Gasteiger partial charge in [0.15, 0.2) is 0 Å². The number of hydrogen-bond acceptors (Lipinski definition) is 3. The molecule has 1 saturated carbocycles. The van der Waals surface area contributed by atoms with Crippen molar-refractivity contribution in [3.63, 3.8) is 0 Å². The van der Waals surface area contributed by atoms with Crippen LogP contribution in [0.5, 0.6) is 0 Å². The van der Waals surface area contributed by atoms with E-state index < -0.39 is 11.4 Å². The van der Waals surface area contributed by atoms with Crippen LogP contribution in [-0.4, -0.2) is 23.5 Å². The molecule has 0 atom stereocenters. The van der Waals surface area contributed by atoms with Gasteiger partial charge in [-0.2, -0.15) is 0 Å². The Bertz CT molecular complexity index is 541. The number of carboxylic acid groups (broad SMARTS) is 1. The Balaban J connectivity index is 1.90. The average Bonchev–Trinajstić information content (AvgIpc) is 2.89. The van der Waals surface area contributed by atoms with Crippen molar-refractivity contribution < 1.29 is 14.7 Å². The SMILES string of the molecule is Cc1ccc(/C=C/C(=O)NCC2(C(=O)O)CCCCC2)s1. The van der Waals surface area contributed by atoms with Crippen LogP contribution in [0, 0.1) is 12.3 Å². The molecule has 0 aliphatic heterocycles. The fourth-order valence-electron chi connectivity index (χ4n) is 2.71. The molecular formula is C16H21NO3S. The summed E-state index contributed by atoms with van der Waals surface area (Å²) in [5, 5.41) is 12.2. The molecule has 0 unspecified atom stereocenters. The third kappa shape index (κ3) is 4.17. The van der Waals surface area contributed by atoms with Crippen LogP contribution in [0.2, 0.25) is 0 Å². The second-order valence-electron chi connectivity index (χ2n) is 5.65. The predicted octanol–water partition coefficient (Wildman–Crippen LogP) is 3.22. The highest BCUT2D eigenvalue weighted by molar-refractivity contribution is 7.12. The molecule has 1 aromatic rings. The monoisotopic (exact) mass is 307 g/mol. The fourth-order valence-corrected chi connectivity index (χ4v) is 3.49.